The third-order valence-corrected chi connectivity index (χ3v) is 7.30. The number of nitrogens with one attached hydrogen (secondary N) is 2. The largest absolute Gasteiger partial charge is 0.390 e. The molecule has 0 aliphatic carbocycles. The minimum atomic E-state index is -0.969. The first-order valence-electron chi connectivity index (χ1n) is 11.9. The van der Waals surface area contributed by atoms with Crippen LogP contribution in [0, 0.1) is 11.6 Å². The highest BCUT2D eigenvalue weighted by Crippen LogP contribution is 2.31. The fraction of sp³-hybridized carbons (Fsp3) is 0.321. The summed E-state index contributed by atoms with van der Waals surface area (Å²) in [6, 6.07) is 16.3. The van der Waals surface area contributed by atoms with Gasteiger partial charge in [-0.2, -0.15) is 0 Å². The first kappa shape index (κ1) is 25.4. The predicted molar refractivity (Wildman–Crippen MR) is 136 cm³/mol. The highest BCUT2D eigenvalue weighted by molar-refractivity contribution is 7.99. The van der Waals surface area contributed by atoms with Crippen LogP contribution in [0.25, 0.3) is 0 Å². The molecule has 4 rings (SSSR count). The van der Waals surface area contributed by atoms with Crippen molar-refractivity contribution in [2.24, 2.45) is 0 Å². The van der Waals surface area contributed by atoms with E-state index in [-0.39, 0.29) is 18.9 Å². The lowest BCUT2D eigenvalue weighted by Gasteiger charge is -2.25. The third kappa shape index (κ3) is 6.90. The average molecular weight is 497 g/mol. The van der Waals surface area contributed by atoms with Crippen molar-refractivity contribution in [3.8, 4) is 0 Å². The molecule has 3 N–H and O–H groups in total. The highest BCUT2D eigenvalue weighted by Gasteiger charge is 2.24. The molecular weight excluding hydrogens is 466 g/mol. The summed E-state index contributed by atoms with van der Waals surface area (Å²) in [7, 11) is 0. The van der Waals surface area contributed by atoms with Gasteiger partial charge in [-0.05, 0) is 65.8 Å². The Hall–Kier alpha value is -2.74. The van der Waals surface area contributed by atoms with E-state index in [4.69, 9.17) is 0 Å². The molecule has 0 fully saturated rings. The Morgan fingerprint density at radius 1 is 1.03 bits per heavy atom. The minimum Gasteiger partial charge on any atom is -0.390 e. The molecule has 2 atom stereocenters. The van der Waals surface area contributed by atoms with E-state index in [0.717, 1.165) is 35.1 Å². The molecule has 7 heteroatoms. The number of aliphatic hydroxyl groups is 1. The Labute approximate surface area is 209 Å². The van der Waals surface area contributed by atoms with Gasteiger partial charge in [-0.1, -0.05) is 37.3 Å². The second kappa shape index (κ2) is 11.8. The summed E-state index contributed by atoms with van der Waals surface area (Å²) in [6.45, 7) is 2.86. The van der Waals surface area contributed by atoms with Crippen molar-refractivity contribution in [2.45, 2.75) is 49.8 Å². The van der Waals surface area contributed by atoms with Crippen LogP contribution in [0.2, 0.25) is 0 Å². The molecule has 1 heterocycles. The summed E-state index contributed by atoms with van der Waals surface area (Å²) in [6.07, 6.45) is 1.05. The van der Waals surface area contributed by atoms with E-state index in [2.05, 4.69) is 29.7 Å². The van der Waals surface area contributed by atoms with Crippen LogP contribution in [0.5, 0.6) is 0 Å². The van der Waals surface area contributed by atoms with E-state index in [1.165, 1.54) is 23.3 Å². The van der Waals surface area contributed by atoms with Gasteiger partial charge in [-0.25, -0.2) is 8.78 Å². The van der Waals surface area contributed by atoms with E-state index in [0.29, 0.717) is 17.7 Å². The van der Waals surface area contributed by atoms with Crippen molar-refractivity contribution in [2.75, 3.05) is 12.3 Å². The summed E-state index contributed by atoms with van der Waals surface area (Å²) >= 11 is 1.72. The van der Waals surface area contributed by atoms with Crippen molar-refractivity contribution in [3.63, 3.8) is 0 Å². The molecule has 4 nitrogen and oxygen atoms in total. The van der Waals surface area contributed by atoms with Gasteiger partial charge in [0.2, 0.25) is 0 Å². The molecule has 0 saturated carbocycles. The molecule has 3 aromatic rings. The van der Waals surface area contributed by atoms with Crippen molar-refractivity contribution in [3.05, 3.63) is 100 Å². The van der Waals surface area contributed by atoms with E-state index in [9.17, 15) is 18.7 Å². The number of amides is 1. The summed E-state index contributed by atoms with van der Waals surface area (Å²) < 4.78 is 27.6. The molecule has 0 radical (unpaired) electrons. The molecule has 1 aliphatic heterocycles. The zero-order valence-electron chi connectivity index (χ0n) is 19.7. The third-order valence-electron chi connectivity index (χ3n) is 6.20. The number of benzene rings is 3. The van der Waals surface area contributed by atoms with Crippen LogP contribution in [-0.2, 0) is 25.8 Å². The summed E-state index contributed by atoms with van der Waals surface area (Å²) in [4.78, 5) is 14.1. The van der Waals surface area contributed by atoms with Gasteiger partial charge in [0.25, 0.3) is 5.91 Å². The van der Waals surface area contributed by atoms with Crippen LogP contribution < -0.4 is 10.6 Å². The second-order valence-corrected chi connectivity index (χ2v) is 9.99. The van der Waals surface area contributed by atoms with Crippen molar-refractivity contribution in [1.29, 1.82) is 0 Å². The smallest absolute Gasteiger partial charge is 0.251 e. The first-order chi connectivity index (χ1) is 16.9. The Bertz CT molecular complexity index is 1170. The Morgan fingerprint density at radius 3 is 2.57 bits per heavy atom. The lowest BCUT2D eigenvalue weighted by atomic mass is 9.99. The minimum absolute atomic E-state index is 0.0915. The molecule has 1 aliphatic rings. The summed E-state index contributed by atoms with van der Waals surface area (Å²) in [5, 5.41) is 17.1. The maximum absolute atomic E-state index is 13.8. The number of carbonyl (C=O) groups is 1. The molecular formula is C28H30F2N2O2S. The fourth-order valence-corrected chi connectivity index (χ4v) is 5.40. The number of thioether (sulfide) groups is 1. The van der Waals surface area contributed by atoms with E-state index in [1.54, 1.807) is 17.8 Å². The van der Waals surface area contributed by atoms with Gasteiger partial charge in [0.1, 0.15) is 11.6 Å². The van der Waals surface area contributed by atoms with Crippen molar-refractivity contribution >= 4 is 17.7 Å². The van der Waals surface area contributed by atoms with Crippen molar-refractivity contribution in [1.82, 2.24) is 10.6 Å². The maximum Gasteiger partial charge on any atom is 0.251 e. The molecule has 35 heavy (non-hydrogen) atoms. The number of hydrogen-bond donors (Lipinski definition) is 3. The Balaban J connectivity index is 1.45. The van der Waals surface area contributed by atoms with Gasteiger partial charge in [0, 0.05) is 35.4 Å². The van der Waals surface area contributed by atoms with Crippen LogP contribution in [0.15, 0.2) is 65.6 Å². The lowest BCUT2D eigenvalue weighted by molar-refractivity contribution is 0.0829. The molecule has 3 aromatic carbocycles. The van der Waals surface area contributed by atoms with E-state index >= 15 is 0 Å². The first-order valence-corrected chi connectivity index (χ1v) is 12.9. The normalized spacial score (nSPS) is 14.4. The molecule has 0 aromatic heterocycles. The maximum atomic E-state index is 13.8. The van der Waals surface area contributed by atoms with E-state index < -0.39 is 23.8 Å². The number of rotatable bonds is 10. The number of halogens is 2. The average Bonchev–Trinajstić information content (AvgIpc) is 3.31. The summed E-state index contributed by atoms with van der Waals surface area (Å²) in [5.74, 6) is -0.704. The Kier molecular flexibility index (Phi) is 8.55. The van der Waals surface area contributed by atoms with Gasteiger partial charge in [-0.15, -0.1) is 11.8 Å². The van der Waals surface area contributed by atoms with Crippen LogP contribution in [-0.4, -0.2) is 35.5 Å². The molecule has 0 bridgehead atoms. The second-order valence-electron chi connectivity index (χ2n) is 8.85. The quantitative estimate of drug-likeness (QED) is 0.382. The number of aryl methyl sites for hydroxylation is 2. The van der Waals surface area contributed by atoms with Crippen LogP contribution in [0.1, 0.15) is 39.5 Å². The zero-order chi connectivity index (χ0) is 24.8. The zero-order valence-corrected chi connectivity index (χ0v) is 20.5. The molecule has 0 unspecified atom stereocenters. The number of aliphatic hydroxyl groups excluding tert-OH is 1. The van der Waals surface area contributed by atoms with Crippen LogP contribution in [0.4, 0.5) is 8.78 Å². The molecule has 0 spiro atoms. The monoisotopic (exact) mass is 496 g/mol. The predicted octanol–water partition coefficient (Wildman–Crippen LogP) is 4.67. The molecule has 0 saturated heterocycles. The number of hydrogen-bond acceptors (Lipinski definition) is 4. The molecule has 184 valence electrons. The highest BCUT2D eigenvalue weighted by atomic mass is 32.2. The van der Waals surface area contributed by atoms with Gasteiger partial charge in [0.15, 0.2) is 0 Å². The van der Waals surface area contributed by atoms with Gasteiger partial charge >= 0.3 is 0 Å². The van der Waals surface area contributed by atoms with Gasteiger partial charge in [0.05, 0.1) is 12.1 Å². The summed E-state index contributed by atoms with van der Waals surface area (Å²) in [5.41, 5.74) is 4.43. The van der Waals surface area contributed by atoms with Gasteiger partial charge < -0.3 is 15.7 Å². The fourth-order valence-electron chi connectivity index (χ4n) is 4.29. The van der Waals surface area contributed by atoms with Gasteiger partial charge in [-0.3, -0.25) is 4.79 Å². The van der Waals surface area contributed by atoms with Crippen molar-refractivity contribution < 1.29 is 18.7 Å². The van der Waals surface area contributed by atoms with Crippen LogP contribution in [0.3, 0.4) is 0 Å². The topological polar surface area (TPSA) is 61.4 Å². The van der Waals surface area contributed by atoms with Crippen LogP contribution >= 0.6 is 11.8 Å². The lowest BCUT2D eigenvalue weighted by Crippen LogP contribution is -2.48. The number of fused-ring (bicyclic) bond motifs is 1. The standard InChI is InChI=1S/C28H30F2N2O2S/c1-2-18-4-3-5-19(10-18)16-31-17-26(33)25(13-20-11-23(29)15-24(30)12-20)32-28(34)22-7-6-21-8-9-35-27(21)14-22/h3-7,10-12,14-15,25-26,31,33H,2,8-9,13,16-17H2,1H3,(H,32,34)/t25-,26+/m0/s1. The number of carbonyl (C=O) groups excluding carboxylic acids is 1. The van der Waals surface area contributed by atoms with E-state index in [1.807, 2.05) is 24.3 Å². The SMILES string of the molecule is CCc1cccc(CNC[C@@H](O)[C@H](Cc2cc(F)cc(F)c2)NC(=O)c2ccc3c(c2)SCC3)c1. The molecule has 1 amide bonds. The Morgan fingerprint density at radius 2 is 1.80 bits per heavy atom.